The van der Waals surface area contributed by atoms with Gasteiger partial charge < -0.3 is 14.5 Å². The van der Waals surface area contributed by atoms with E-state index in [9.17, 15) is 9.59 Å². The first-order chi connectivity index (χ1) is 13.5. The largest absolute Gasteiger partial charge is 0.484 e. The maximum absolute atomic E-state index is 12.5. The van der Waals surface area contributed by atoms with Crippen LogP contribution in [-0.2, 0) is 4.79 Å². The summed E-state index contributed by atoms with van der Waals surface area (Å²) in [6.07, 6.45) is 3.41. The fourth-order valence-corrected chi connectivity index (χ4v) is 3.30. The second-order valence-electron chi connectivity index (χ2n) is 7.21. The number of carbonyl (C=O) groups excluding carboxylic acids is 2. The third kappa shape index (κ3) is 4.65. The Morgan fingerprint density at radius 1 is 1.25 bits per heavy atom. The number of likely N-dealkylation sites (tertiary alicyclic amines) is 1. The van der Waals surface area contributed by atoms with Crippen LogP contribution in [0.25, 0.3) is 0 Å². The number of rotatable bonds is 5. The molecule has 1 aromatic carbocycles. The molecule has 1 aromatic heterocycles. The maximum Gasteiger partial charge on any atom is 0.260 e. The summed E-state index contributed by atoms with van der Waals surface area (Å²) < 4.78 is 5.58. The summed E-state index contributed by atoms with van der Waals surface area (Å²) in [7, 11) is 3.41. The van der Waals surface area contributed by atoms with E-state index in [0.29, 0.717) is 35.9 Å². The first-order valence-electron chi connectivity index (χ1n) is 9.46. The second kappa shape index (κ2) is 8.82. The zero-order chi connectivity index (χ0) is 20.1. The van der Waals surface area contributed by atoms with E-state index in [4.69, 9.17) is 4.74 Å². The van der Waals surface area contributed by atoms with Crippen molar-refractivity contribution in [1.82, 2.24) is 19.8 Å². The minimum atomic E-state index is -0.109. The van der Waals surface area contributed by atoms with Crippen LogP contribution in [0, 0.1) is 6.92 Å². The predicted octanol–water partition coefficient (Wildman–Crippen LogP) is 2.27. The molecule has 0 radical (unpaired) electrons. The lowest BCUT2D eigenvalue weighted by Crippen LogP contribution is -2.42. The lowest BCUT2D eigenvalue weighted by atomic mass is 9.97. The molecule has 7 nitrogen and oxygen atoms in total. The summed E-state index contributed by atoms with van der Waals surface area (Å²) >= 11 is 0. The molecule has 0 unspecified atom stereocenters. The van der Waals surface area contributed by atoms with Crippen LogP contribution in [0.5, 0.6) is 5.75 Å². The van der Waals surface area contributed by atoms with Gasteiger partial charge in [0, 0.05) is 39.3 Å². The molecule has 1 aliphatic heterocycles. The van der Waals surface area contributed by atoms with Gasteiger partial charge in [-0.05, 0) is 31.9 Å². The summed E-state index contributed by atoms with van der Waals surface area (Å²) in [6.45, 7) is 3.12. The molecule has 2 amide bonds. The molecule has 0 spiro atoms. The topological polar surface area (TPSA) is 75.6 Å². The van der Waals surface area contributed by atoms with Gasteiger partial charge in [-0.2, -0.15) is 0 Å². The molecular formula is C21H26N4O3. The summed E-state index contributed by atoms with van der Waals surface area (Å²) in [5.74, 6) is 1.29. The number of carbonyl (C=O) groups is 2. The van der Waals surface area contributed by atoms with E-state index in [0.717, 1.165) is 12.8 Å². The number of piperidine rings is 1. The number of hydrogen-bond acceptors (Lipinski definition) is 5. The predicted molar refractivity (Wildman–Crippen MR) is 105 cm³/mol. The van der Waals surface area contributed by atoms with E-state index in [2.05, 4.69) is 9.97 Å². The molecule has 0 aliphatic carbocycles. The minimum absolute atomic E-state index is 0.0207. The van der Waals surface area contributed by atoms with Crippen LogP contribution < -0.4 is 4.74 Å². The Morgan fingerprint density at radius 2 is 2.00 bits per heavy atom. The van der Waals surface area contributed by atoms with Crippen molar-refractivity contribution in [2.45, 2.75) is 25.7 Å². The molecule has 1 saturated heterocycles. The first-order valence-corrected chi connectivity index (χ1v) is 9.46. The van der Waals surface area contributed by atoms with Gasteiger partial charge in [-0.1, -0.05) is 18.2 Å². The van der Waals surface area contributed by atoms with Crippen molar-refractivity contribution in [2.24, 2.45) is 0 Å². The maximum atomic E-state index is 12.5. The Balaban J connectivity index is 1.63. The van der Waals surface area contributed by atoms with Crippen LogP contribution in [0.2, 0.25) is 0 Å². The summed E-state index contributed by atoms with van der Waals surface area (Å²) in [5, 5.41) is 0. The van der Waals surface area contributed by atoms with Gasteiger partial charge in [0.25, 0.3) is 11.8 Å². The molecule has 28 heavy (non-hydrogen) atoms. The number of para-hydroxylation sites is 1. The number of ether oxygens (including phenoxy) is 1. The monoisotopic (exact) mass is 382 g/mol. The molecule has 3 rings (SSSR count). The van der Waals surface area contributed by atoms with Gasteiger partial charge in [-0.25, -0.2) is 9.97 Å². The standard InChI is InChI=1S/C21H26N4O3/c1-15-18(21(27)24(2)3)12-22-20(23-15)16-8-7-11-25(13-16)19(26)14-28-17-9-5-4-6-10-17/h4-6,9-10,12,16H,7-8,11,13-14H2,1-3H3/t16-/m1/s1. The Hall–Kier alpha value is -2.96. The average molecular weight is 382 g/mol. The number of aromatic nitrogens is 2. The molecule has 2 heterocycles. The van der Waals surface area contributed by atoms with Gasteiger partial charge in [0.05, 0.1) is 11.3 Å². The number of nitrogens with zero attached hydrogens (tertiary/aromatic N) is 4. The highest BCUT2D eigenvalue weighted by Crippen LogP contribution is 2.25. The Morgan fingerprint density at radius 3 is 2.68 bits per heavy atom. The number of benzene rings is 1. The summed E-state index contributed by atoms with van der Waals surface area (Å²) in [6, 6.07) is 9.32. The highest BCUT2D eigenvalue weighted by atomic mass is 16.5. The van der Waals surface area contributed by atoms with Gasteiger partial charge in [-0.3, -0.25) is 9.59 Å². The molecule has 1 atom stereocenters. The van der Waals surface area contributed by atoms with Crippen LogP contribution in [0.1, 0.15) is 40.6 Å². The highest BCUT2D eigenvalue weighted by Gasteiger charge is 2.27. The van der Waals surface area contributed by atoms with E-state index < -0.39 is 0 Å². The molecule has 1 aliphatic rings. The van der Waals surface area contributed by atoms with Crippen molar-refractivity contribution in [2.75, 3.05) is 33.8 Å². The van der Waals surface area contributed by atoms with Crippen molar-refractivity contribution < 1.29 is 14.3 Å². The third-order valence-corrected chi connectivity index (χ3v) is 4.88. The lowest BCUT2D eigenvalue weighted by molar-refractivity contribution is -0.134. The summed E-state index contributed by atoms with van der Waals surface area (Å²) in [5.41, 5.74) is 1.17. The van der Waals surface area contributed by atoms with Gasteiger partial charge >= 0.3 is 0 Å². The van der Waals surface area contributed by atoms with Gasteiger partial charge in [0.1, 0.15) is 11.6 Å². The number of amides is 2. The van der Waals surface area contributed by atoms with Gasteiger partial charge in [0.2, 0.25) is 0 Å². The number of hydrogen-bond donors (Lipinski definition) is 0. The fraction of sp³-hybridized carbons (Fsp3) is 0.429. The van der Waals surface area contributed by atoms with Crippen LogP contribution >= 0.6 is 0 Å². The zero-order valence-electron chi connectivity index (χ0n) is 16.6. The first kappa shape index (κ1) is 19.8. The summed E-state index contributed by atoms with van der Waals surface area (Å²) in [4.78, 5) is 37.0. The average Bonchev–Trinajstić information content (AvgIpc) is 2.72. The van der Waals surface area contributed by atoms with E-state index in [-0.39, 0.29) is 24.3 Å². The van der Waals surface area contributed by atoms with Gasteiger partial charge in [0.15, 0.2) is 6.61 Å². The minimum Gasteiger partial charge on any atom is -0.484 e. The van der Waals surface area contributed by atoms with Gasteiger partial charge in [-0.15, -0.1) is 0 Å². The molecule has 0 bridgehead atoms. The van der Waals surface area contributed by atoms with Crippen molar-refractivity contribution >= 4 is 11.8 Å². The molecule has 1 fully saturated rings. The molecule has 0 N–H and O–H groups in total. The van der Waals surface area contributed by atoms with Crippen molar-refractivity contribution in [1.29, 1.82) is 0 Å². The Labute approximate surface area is 165 Å². The van der Waals surface area contributed by atoms with Crippen LogP contribution in [-0.4, -0.2) is 65.4 Å². The van der Waals surface area contributed by atoms with Crippen LogP contribution in [0.3, 0.4) is 0 Å². The lowest BCUT2D eigenvalue weighted by Gasteiger charge is -2.32. The quantitative estimate of drug-likeness (QED) is 0.793. The van der Waals surface area contributed by atoms with Crippen LogP contribution in [0.4, 0.5) is 0 Å². The molecule has 0 saturated carbocycles. The molecule has 2 aromatic rings. The molecular weight excluding hydrogens is 356 g/mol. The van der Waals surface area contributed by atoms with E-state index in [1.54, 1.807) is 20.3 Å². The smallest absolute Gasteiger partial charge is 0.260 e. The van der Waals surface area contributed by atoms with Crippen molar-refractivity contribution in [3.63, 3.8) is 0 Å². The third-order valence-electron chi connectivity index (χ3n) is 4.88. The van der Waals surface area contributed by atoms with E-state index in [1.807, 2.05) is 42.2 Å². The fourth-order valence-electron chi connectivity index (χ4n) is 3.30. The normalized spacial score (nSPS) is 16.5. The van der Waals surface area contributed by atoms with E-state index in [1.165, 1.54) is 4.90 Å². The second-order valence-corrected chi connectivity index (χ2v) is 7.21. The van der Waals surface area contributed by atoms with Crippen LogP contribution in [0.15, 0.2) is 36.5 Å². The SMILES string of the molecule is Cc1nc([C@@H]2CCCN(C(=O)COc3ccccc3)C2)ncc1C(=O)N(C)C. The highest BCUT2D eigenvalue weighted by molar-refractivity contribution is 5.94. The van der Waals surface area contributed by atoms with Crippen molar-refractivity contribution in [3.8, 4) is 5.75 Å². The van der Waals surface area contributed by atoms with Crippen molar-refractivity contribution in [3.05, 3.63) is 53.6 Å². The molecule has 148 valence electrons. The van der Waals surface area contributed by atoms with E-state index >= 15 is 0 Å². The Bertz CT molecular complexity index is 839. The molecule has 7 heteroatoms. The zero-order valence-corrected chi connectivity index (χ0v) is 16.6. The Kier molecular flexibility index (Phi) is 6.23. The number of aryl methyl sites for hydroxylation is 1.